The second-order valence-electron chi connectivity index (χ2n) is 10.1. The van der Waals surface area contributed by atoms with E-state index in [-0.39, 0.29) is 37.4 Å². The van der Waals surface area contributed by atoms with Crippen molar-refractivity contribution < 1.29 is 22.7 Å². The van der Waals surface area contributed by atoms with Gasteiger partial charge in [-0.25, -0.2) is 8.42 Å². The van der Waals surface area contributed by atoms with Crippen LogP contribution in [-0.2, 0) is 26.2 Å². The molecule has 1 unspecified atom stereocenters. The van der Waals surface area contributed by atoms with Gasteiger partial charge in [0.1, 0.15) is 11.8 Å². The SMILES string of the molecule is COc1ccc(CN(C(=O)CCCN(c2ccccc2C)S(C)(=O)=O)C(C)C(=O)NC2CCCCC2)cc1. The molecule has 38 heavy (non-hydrogen) atoms. The number of sulfonamides is 1. The second kappa shape index (κ2) is 13.6. The number of benzene rings is 2. The summed E-state index contributed by atoms with van der Waals surface area (Å²) in [5, 5.41) is 3.14. The zero-order chi connectivity index (χ0) is 27.7. The van der Waals surface area contributed by atoms with E-state index in [2.05, 4.69) is 5.32 Å². The Hall–Kier alpha value is -3.07. The summed E-state index contributed by atoms with van der Waals surface area (Å²) in [5.41, 5.74) is 2.34. The molecule has 0 aliphatic heterocycles. The highest BCUT2D eigenvalue weighted by atomic mass is 32.2. The van der Waals surface area contributed by atoms with Crippen molar-refractivity contribution in [3.05, 3.63) is 59.7 Å². The fourth-order valence-electron chi connectivity index (χ4n) is 4.90. The number of hydrogen-bond acceptors (Lipinski definition) is 5. The van der Waals surface area contributed by atoms with Crippen LogP contribution >= 0.6 is 0 Å². The lowest BCUT2D eigenvalue weighted by molar-refractivity contribution is -0.141. The summed E-state index contributed by atoms with van der Waals surface area (Å²) >= 11 is 0. The Morgan fingerprint density at radius 2 is 1.71 bits per heavy atom. The molecule has 1 aliphatic carbocycles. The van der Waals surface area contributed by atoms with Gasteiger partial charge in [0.15, 0.2) is 0 Å². The lowest BCUT2D eigenvalue weighted by Crippen LogP contribution is -2.50. The highest BCUT2D eigenvalue weighted by Gasteiger charge is 2.28. The molecule has 0 bridgehead atoms. The van der Waals surface area contributed by atoms with Gasteiger partial charge in [-0.1, -0.05) is 49.6 Å². The first kappa shape index (κ1) is 29.5. The van der Waals surface area contributed by atoms with Crippen LogP contribution in [-0.4, -0.2) is 57.1 Å². The topological polar surface area (TPSA) is 96.0 Å². The molecule has 0 aromatic heterocycles. The fourth-order valence-corrected chi connectivity index (χ4v) is 5.93. The number of aryl methyl sites for hydroxylation is 1. The molecule has 208 valence electrons. The van der Waals surface area contributed by atoms with Crippen LogP contribution in [0.4, 0.5) is 5.69 Å². The molecule has 1 atom stereocenters. The Balaban J connectivity index is 1.72. The monoisotopic (exact) mass is 543 g/mol. The Kier molecular flexibility index (Phi) is 10.6. The van der Waals surface area contributed by atoms with Crippen molar-refractivity contribution >= 4 is 27.5 Å². The minimum atomic E-state index is -3.53. The van der Waals surface area contributed by atoms with Crippen molar-refractivity contribution in [2.75, 3.05) is 24.2 Å². The van der Waals surface area contributed by atoms with Crippen LogP contribution in [0.5, 0.6) is 5.75 Å². The number of amides is 2. The van der Waals surface area contributed by atoms with E-state index in [1.807, 2.05) is 43.3 Å². The van der Waals surface area contributed by atoms with Crippen LogP contribution in [0.15, 0.2) is 48.5 Å². The third-order valence-electron chi connectivity index (χ3n) is 7.17. The first-order chi connectivity index (χ1) is 18.1. The minimum Gasteiger partial charge on any atom is -0.497 e. The summed E-state index contributed by atoms with van der Waals surface area (Å²) in [6, 6.07) is 14.2. The third kappa shape index (κ3) is 8.21. The predicted molar refractivity (Wildman–Crippen MR) is 151 cm³/mol. The summed E-state index contributed by atoms with van der Waals surface area (Å²) in [7, 11) is -1.93. The maximum absolute atomic E-state index is 13.5. The number of methoxy groups -OCH3 is 1. The Bertz CT molecular complexity index is 1180. The predicted octanol–water partition coefficient (Wildman–Crippen LogP) is 4.42. The van der Waals surface area contributed by atoms with Crippen LogP contribution in [0, 0.1) is 6.92 Å². The van der Waals surface area contributed by atoms with E-state index in [9.17, 15) is 18.0 Å². The van der Waals surface area contributed by atoms with Crippen molar-refractivity contribution in [3.8, 4) is 5.75 Å². The molecule has 9 heteroatoms. The van der Waals surface area contributed by atoms with E-state index in [1.54, 1.807) is 31.1 Å². The number of rotatable bonds is 12. The summed E-state index contributed by atoms with van der Waals surface area (Å²) < 4.78 is 31.7. The molecule has 2 aromatic rings. The molecular weight excluding hydrogens is 502 g/mol. The normalized spacial score (nSPS) is 14.9. The average Bonchev–Trinajstić information content (AvgIpc) is 2.90. The van der Waals surface area contributed by atoms with Crippen molar-refractivity contribution in [2.24, 2.45) is 0 Å². The molecule has 1 saturated carbocycles. The van der Waals surface area contributed by atoms with E-state index < -0.39 is 16.1 Å². The number of carbonyl (C=O) groups is 2. The summed E-state index contributed by atoms with van der Waals surface area (Å²) in [5.74, 6) is 0.369. The summed E-state index contributed by atoms with van der Waals surface area (Å²) in [6.07, 6.45) is 6.95. The van der Waals surface area contributed by atoms with E-state index in [0.717, 1.165) is 36.8 Å². The van der Waals surface area contributed by atoms with Gasteiger partial charge >= 0.3 is 0 Å². The highest BCUT2D eigenvalue weighted by molar-refractivity contribution is 7.92. The van der Waals surface area contributed by atoms with Gasteiger partial charge in [-0.2, -0.15) is 0 Å². The van der Waals surface area contributed by atoms with E-state index >= 15 is 0 Å². The number of carbonyl (C=O) groups excluding carboxylic acids is 2. The Morgan fingerprint density at radius 1 is 1.05 bits per heavy atom. The molecule has 8 nitrogen and oxygen atoms in total. The number of para-hydroxylation sites is 1. The maximum Gasteiger partial charge on any atom is 0.242 e. The van der Waals surface area contributed by atoms with Gasteiger partial charge in [-0.15, -0.1) is 0 Å². The maximum atomic E-state index is 13.5. The summed E-state index contributed by atoms with van der Waals surface area (Å²) in [4.78, 5) is 28.3. The average molecular weight is 544 g/mol. The lowest BCUT2D eigenvalue weighted by atomic mass is 9.95. The number of ether oxygens (including phenoxy) is 1. The van der Waals surface area contributed by atoms with Crippen molar-refractivity contribution in [2.45, 2.75) is 77.4 Å². The molecule has 0 radical (unpaired) electrons. The molecule has 3 rings (SSSR count). The fraction of sp³-hybridized carbons (Fsp3) is 0.517. The van der Waals surface area contributed by atoms with Crippen LogP contribution in [0.1, 0.15) is 63.0 Å². The van der Waals surface area contributed by atoms with Crippen LogP contribution in [0.2, 0.25) is 0 Å². The molecule has 1 fully saturated rings. The van der Waals surface area contributed by atoms with Gasteiger partial charge in [-0.05, 0) is 62.4 Å². The number of hydrogen-bond donors (Lipinski definition) is 1. The zero-order valence-electron chi connectivity index (χ0n) is 23.0. The van der Waals surface area contributed by atoms with E-state index in [1.165, 1.54) is 17.0 Å². The van der Waals surface area contributed by atoms with Gasteiger partial charge < -0.3 is 15.0 Å². The number of anilines is 1. The zero-order valence-corrected chi connectivity index (χ0v) is 23.8. The van der Waals surface area contributed by atoms with Gasteiger partial charge in [0, 0.05) is 25.6 Å². The molecule has 2 aromatic carbocycles. The van der Waals surface area contributed by atoms with Gasteiger partial charge in [0.05, 0.1) is 19.1 Å². The molecule has 1 N–H and O–H groups in total. The molecule has 0 heterocycles. The van der Waals surface area contributed by atoms with E-state index in [4.69, 9.17) is 4.74 Å². The van der Waals surface area contributed by atoms with Crippen LogP contribution in [0.3, 0.4) is 0 Å². The van der Waals surface area contributed by atoms with E-state index in [0.29, 0.717) is 17.9 Å². The summed E-state index contributed by atoms with van der Waals surface area (Å²) in [6.45, 7) is 4.07. The minimum absolute atomic E-state index is 0.120. The van der Waals surface area contributed by atoms with Gasteiger partial charge in [0.2, 0.25) is 21.8 Å². The first-order valence-electron chi connectivity index (χ1n) is 13.4. The quantitative estimate of drug-likeness (QED) is 0.428. The molecule has 0 spiro atoms. The molecule has 0 saturated heterocycles. The van der Waals surface area contributed by atoms with Crippen LogP contribution in [0.25, 0.3) is 0 Å². The number of nitrogens with one attached hydrogen (secondary N) is 1. The smallest absolute Gasteiger partial charge is 0.242 e. The van der Waals surface area contributed by atoms with Crippen molar-refractivity contribution in [3.63, 3.8) is 0 Å². The highest BCUT2D eigenvalue weighted by Crippen LogP contribution is 2.23. The molecule has 1 aliphatic rings. The first-order valence-corrected chi connectivity index (χ1v) is 15.2. The van der Waals surface area contributed by atoms with Crippen molar-refractivity contribution in [1.82, 2.24) is 10.2 Å². The Labute approximate surface area is 227 Å². The lowest BCUT2D eigenvalue weighted by Gasteiger charge is -2.31. The molecular formula is C29H41N3O5S. The number of nitrogens with zero attached hydrogens (tertiary/aromatic N) is 2. The van der Waals surface area contributed by atoms with Gasteiger partial charge in [-0.3, -0.25) is 13.9 Å². The third-order valence-corrected chi connectivity index (χ3v) is 8.35. The van der Waals surface area contributed by atoms with Crippen molar-refractivity contribution in [1.29, 1.82) is 0 Å². The molecule has 2 amide bonds. The largest absolute Gasteiger partial charge is 0.497 e. The Morgan fingerprint density at radius 3 is 2.32 bits per heavy atom. The van der Waals surface area contributed by atoms with Crippen LogP contribution < -0.4 is 14.4 Å². The standard InChI is InChI=1S/C29H41N3O5S/c1-22-11-8-9-14-27(22)32(38(4,35)36)20-10-15-28(33)31(21-24-16-18-26(37-3)19-17-24)23(2)29(34)30-25-12-6-5-7-13-25/h8-9,11,14,16-19,23,25H,5-7,10,12-13,15,20-21H2,1-4H3,(H,30,34). The second-order valence-corrected chi connectivity index (χ2v) is 12.0. The van der Waals surface area contributed by atoms with Gasteiger partial charge in [0.25, 0.3) is 0 Å².